The largest absolute Gasteiger partial charge is 0.304 e. The van der Waals surface area contributed by atoms with Crippen molar-refractivity contribution >= 4 is 11.6 Å². The number of nitrogens with zero attached hydrogens (tertiary/aromatic N) is 2. The highest BCUT2D eigenvalue weighted by Gasteiger charge is 2.14. The highest BCUT2D eigenvalue weighted by atomic mass is 35.5. The van der Waals surface area contributed by atoms with Crippen LogP contribution in [-0.4, -0.2) is 43.0 Å². The van der Waals surface area contributed by atoms with Crippen LogP contribution in [0.15, 0.2) is 18.2 Å². The quantitative estimate of drug-likeness (QED) is 0.781. The van der Waals surface area contributed by atoms with Gasteiger partial charge in [0, 0.05) is 37.7 Å². The number of hydrogen-bond donors (Lipinski definition) is 0. The monoisotopic (exact) mass is 238 g/mol. The first-order valence-electron chi connectivity index (χ1n) is 5.81. The Morgan fingerprint density at radius 1 is 1.19 bits per heavy atom. The molecule has 1 aromatic carbocycles. The molecule has 0 amide bonds. The second kappa shape index (κ2) is 5.17. The number of hydrogen-bond acceptors (Lipinski definition) is 2. The molecule has 16 heavy (non-hydrogen) atoms. The predicted octanol–water partition coefficient (Wildman–Crippen LogP) is 2.40. The molecular formula is C13H19ClN2. The number of aryl methyl sites for hydroxylation is 1. The first kappa shape index (κ1) is 11.9. The topological polar surface area (TPSA) is 6.48 Å². The Kier molecular flexibility index (Phi) is 3.85. The van der Waals surface area contributed by atoms with Crippen molar-refractivity contribution in [3.05, 3.63) is 34.3 Å². The number of piperazine rings is 1. The molecule has 0 saturated carbocycles. The normalized spacial score (nSPS) is 18.9. The van der Waals surface area contributed by atoms with Gasteiger partial charge in [-0.15, -0.1) is 0 Å². The van der Waals surface area contributed by atoms with Gasteiger partial charge in [0.15, 0.2) is 0 Å². The minimum Gasteiger partial charge on any atom is -0.304 e. The molecule has 1 aliphatic heterocycles. The summed E-state index contributed by atoms with van der Waals surface area (Å²) < 4.78 is 0. The van der Waals surface area contributed by atoms with Crippen LogP contribution in [0.2, 0.25) is 5.02 Å². The lowest BCUT2D eigenvalue weighted by molar-refractivity contribution is 0.148. The van der Waals surface area contributed by atoms with Gasteiger partial charge in [0.2, 0.25) is 0 Å². The summed E-state index contributed by atoms with van der Waals surface area (Å²) in [4.78, 5) is 4.87. The molecule has 0 N–H and O–H groups in total. The van der Waals surface area contributed by atoms with Crippen LogP contribution in [0, 0.1) is 6.92 Å². The summed E-state index contributed by atoms with van der Waals surface area (Å²) in [5.41, 5.74) is 2.69. The number of halogens is 1. The maximum atomic E-state index is 6.03. The Morgan fingerprint density at radius 2 is 1.88 bits per heavy atom. The van der Waals surface area contributed by atoms with Crippen molar-refractivity contribution in [1.29, 1.82) is 0 Å². The first-order valence-corrected chi connectivity index (χ1v) is 6.19. The van der Waals surface area contributed by atoms with Gasteiger partial charge in [-0.25, -0.2) is 0 Å². The molecule has 2 nitrogen and oxygen atoms in total. The van der Waals surface area contributed by atoms with Crippen LogP contribution in [0.25, 0.3) is 0 Å². The van der Waals surface area contributed by atoms with E-state index in [2.05, 4.69) is 35.9 Å². The molecule has 88 valence electrons. The van der Waals surface area contributed by atoms with Crippen molar-refractivity contribution in [1.82, 2.24) is 9.80 Å². The highest BCUT2D eigenvalue weighted by Crippen LogP contribution is 2.17. The van der Waals surface area contributed by atoms with Crippen LogP contribution in [0.1, 0.15) is 11.1 Å². The lowest BCUT2D eigenvalue weighted by Gasteiger charge is -2.32. The number of rotatable bonds is 2. The Hall–Kier alpha value is -0.570. The van der Waals surface area contributed by atoms with E-state index in [4.69, 9.17) is 11.6 Å². The van der Waals surface area contributed by atoms with Gasteiger partial charge in [-0.3, -0.25) is 4.90 Å². The molecular weight excluding hydrogens is 220 g/mol. The zero-order valence-corrected chi connectivity index (χ0v) is 10.8. The van der Waals surface area contributed by atoms with Gasteiger partial charge in [0.05, 0.1) is 0 Å². The van der Waals surface area contributed by atoms with Gasteiger partial charge < -0.3 is 4.90 Å². The lowest BCUT2D eigenvalue weighted by atomic mass is 10.1. The van der Waals surface area contributed by atoms with E-state index >= 15 is 0 Å². The first-order chi connectivity index (χ1) is 7.65. The summed E-state index contributed by atoms with van der Waals surface area (Å²) in [6.07, 6.45) is 0. The van der Waals surface area contributed by atoms with E-state index in [-0.39, 0.29) is 0 Å². The Labute approximate surface area is 103 Å². The zero-order chi connectivity index (χ0) is 11.5. The molecule has 0 atom stereocenters. The third-order valence-corrected chi connectivity index (χ3v) is 3.54. The van der Waals surface area contributed by atoms with E-state index < -0.39 is 0 Å². The molecule has 1 saturated heterocycles. The van der Waals surface area contributed by atoms with E-state index in [1.807, 2.05) is 6.07 Å². The predicted molar refractivity (Wildman–Crippen MR) is 69.0 cm³/mol. The van der Waals surface area contributed by atoms with Crippen LogP contribution in [0.3, 0.4) is 0 Å². The fourth-order valence-electron chi connectivity index (χ4n) is 2.06. The molecule has 0 bridgehead atoms. The number of likely N-dealkylation sites (N-methyl/N-ethyl adjacent to an activating group) is 1. The minimum atomic E-state index is 0.842. The fourth-order valence-corrected chi connectivity index (χ4v) is 2.25. The van der Waals surface area contributed by atoms with Crippen molar-refractivity contribution in [3.8, 4) is 0 Å². The lowest BCUT2D eigenvalue weighted by Crippen LogP contribution is -2.43. The van der Waals surface area contributed by atoms with Crippen LogP contribution in [-0.2, 0) is 6.54 Å². The molecule has 0 aliphatic carbocycles. The average Bonchev–Trinajstić information content (AvgIpc) is 2.27. The smallest absolute Gasteiger partial charge is 0.0409 e. The third-order valence-electron chi connectivity index (χ3n) is 3.30. The maximum Gasteiger partial charge on any atom is 0.0409 e. The fraction of sp³-hybridized carbons (Fsp3) is 0.538. The zero-order valence-electron chi connectivity index (χ0n) is 10.0. The third kappa shape index (κ3) is 2.97. The highest BCUT2D eigenvalue weighted by molar-refractivity contribution is 6.30. The van der Waals surface area contributed by atoms with E-state index in [0.29, 0.717) is 0 Å². The summed E-state index contributed by atoms with van der Waals surface area (Å²) in [7, 11) is 2.18. The molecule has 1 aromatic rings. The Morgan fingerprint density at radius 3 is 2.56 bits per heavy atom. The average molecular weight is 239 g/mol. The Balaban J connectivity index is 2.00. The summed E-state index contributed by atoms with van der Waals surface area (Å²) in [5, 5.41) is 0.842. The summed E-state index contributed by atoms with van der Waals surface area (Å²) in [6.45, 7) is 7.83. The van der Waals surface area contributed by atoms with Crippen molar-refractivity contribution in [2.75, 3.05) is 33.2 Å². The van der Waals surface area contributed by atoms with Crippen LogP contribution in [0.5, 0.6) is 0 Å². The Bertz CT molecular complexity index is 357. The molecule has 0 radical (unpaired) electrons. The standard InChI is InChI=1S/C13H19ClN2/c1-11-3-4-13(14)9-12(11)10-16-7-5-15(2)6-8-16/h3-4,9H,5-8,10H2,1-2H3. The van der Waals surface area contributed by atoms with Crippen molar-refractivity contribution in [2.45, 2.75) is 13.5 Å². The SMILES string of the molecule is Cc1ccc(Cl)cc1CN1CCN(C)CC1. The van der Waals surface area contributed by atoms with Crippen LogP contribution in [0.4, 0.5) is 0 Å². The molecule has 3 heteroatoms. The molecule has 0 spiro atoms. The molecule has 0 unspecified atom stereocenters. The minimum absolute atomic E-state index is 0.842. The van der Waals surface area contributed by atoms with Crippen LogP contribution < -0.4 is 0 Å². The van der Waals surface area contributed by atoms with Gasteiger partial charge in [0.25, 0.3) is 0 Å². The van der Waals surface area contributed by atoms with Gasteiger partial charge in [-0.2, -0.15) is 0 Å². The van der Waals surface area contributed by atoms with Crippen molar-refractivity contribution in [2.24, 2.45) is 0 Å². The van der Waals surface area contributed by atoms with Crippen molar-refractivity contribution in [3.63, 3.8) is 0 Å². The van der Waals surface area contributed by atoms with Gasteiger partial charge >= 0.3 is 0 Å². The number of benzene rings is 1. The maximum absolute atomic E-state index is 6.03. The molecule has 1 aliphatic rings. The van der Waals surface area contributed by atoms with Crippen LogP contribution >= 0.6 is 11.6 Å². The molecule has 2 rings (SSSR count). The van der Waals surface area contributed by atoms with E-state index in [1.165, 1.54) is 24.2 Å². The molecule has 0 aromatic heterocycles. The van der Waals surface area contributed by atoms with Crippen molar-refractivity contribution < 1.29 is 0 Å². The van der Waals surface area contributed by atoms with Gasteiger partial charge in [0.1, 0.15) is 0 Å². The van der Waals surface area contributed by atoms with Gasteiger partial charge in [-0.1, -0.05) is 17.7 Å². The van der Waals surface area contributed by atoms with E-state index in [9.17, 15) is 0 Å². The molecule has 1 fully saturated rings. The summed E-state index contributed by atoms with van der Waals surface area (Å²) in [5.74, 6) is 0. The van der Waals surface area contributed by atoms with Gasteiger partial charge in [-0.05, 0) is 37.2 Å². The summed E-state index contributed by atoms with van der Waals surface area (Å²) >= 11 is 6.03. The van der Waals surface area contributed by atoms with E-state index in [1.54, 1.807) is 0 Å². The van der Waals surface area contributed by atoms with E-state index in [0.717, 1.165) is 24.7 Å². The molecule has 1 heterocycles. The summed E-state index contributed by atoms with van der Waals surface area (Å²) in [6, 6.07) is 6.16. The second-order valence-electron chi connectivity index (χ2n) is 4.65. The second-order valence-corrected chi connectivity index (χ2v) is 5.09.